The molecule has 0 fully saturated rings. The van der Waals surface area contributed by atoms with Crippen LogP contribution in [0.25, 0.3) is 10.8 Å². The lowest BCUT2D eigenvalue weighted by atomic mass is 10.1. The SMILES string of the molecule is C=C(C)C(=O)Oc1cc(S(=O)(=O)NC)cc2ccccc12. The van der Waals surface area contributed by atoms with Gasteiger partial charge < -0.3 is 4.74 Å². The zero-order valence-corrected chi connectivity index (χ0v) is 12.5. The molecule has 6 heteroatoms. The number of ether oxygens (including phenoxy) is 1. The maximum Gasteiger partial charge on any atom is 0.338 e. The molecule has 0 saturated carbocycles. The predicted molar refractivity (Wildman–Crippen MR) is 80.6 cm³/mol. The van der Waals surface area contributed by atoms with Gasteiger partial charge in [-0.1, -0.05) is 30.8 Å². The van der Waals surface area contributed by atoms with Gasteiger partial charge in [-0.05, 0) is 25.4 Å². The van der Waals surface area contributed by atoms with Crippen molar-refractivity contribution >= 4 is 26.8 Å². The summed E-state index contributed by atoms with van der Waals surface area (Å²) in [5, 5.41) is 1.32. The molecule has 0 radical (unpaired) electrons. The van der Waals surface area contributed by atoms with Crippen molar-refractivity contribution < 1.29 is 17.9 Å². The Morgan fingerprint density at radius 1 is 1.24 bits per heavy atom. The topological polar surface area (TPSA) is 72.5 Å². The molecule has 0 atom stereocenters. The Hall–Kier alpha value is -2.18. The van der Waals surface area contributed by atoms with E-state index in [0.717, 1.165) is 0 Å². The van der Waals surface area contributed by atoms with Crippen molar-refractivity contribution in [2.75, 3.05) is 7.05 Å². The summed E-state index contributed by atoms with van der Waals surface area (Å²) >= 11 is 0. The van der Waals surface area contributed by atoms with E-state index in [4.69, 9.17) is 4.74 Å². The first kappa shape index (κ1) is 15.2. The third-order valence-electron chi connectivity index (χ3n) is 2.93. The fourth-order valence-corrected chi connectivity index (χ4v) is 2.57. The molecule has 2 rings (SSSR count). The van der Waals surface area contributed by atoms with Crippen LogP contribution in [0.4, 0.5) is 0 Å². The molecule has 1 N–H and O–H groups in total. The van der Waals surface area contributed by atoms with Crippen molar-refractivity contribution in [3.63, 3.8) is 0 Å². The average molecular weight is 305 g/mol. The fourth-order valence-electron chi connectivity index (χ4n) is 1.79. The quantitative estimate of drug-likeness (QED) is 0.534. The lowest BCUT2D eigenvalue weighted by Crippen LogP contribution is -2.19. The largest absolute Gasteiger partial charge is 0.422 e. The van der Waals surface area contributed by atoms with Crippen LogP contribution in [0, 0.1) is 0 Å². The highest BCUT2D eigenvalue weighted by atomic mass is 32.2. The van der Waals surface area contributed by atoms with Gasteiger partial charge in [-0.3, -0.25) is 0 Å². The highest BCUT2D eigenvalue weighted by Gasteiger charge is 2.17. The van der Waals surface area contributed by atoms with E-state index in [2.05, 4.69) is 11.3 Å². The van der Waals surface area contributed by atoms with Crippen molar-refractivity contribution in [2.24, 2.45) is 0 Å². The minimum Gasteiger partial charge on any atom is -0.422 e. The van der Waals surface area contributed by atoms with Gasteiger partial charge in [0.25, 0.3) is 0 Å². The van der Waals surface area contributed by atoms with Gasteiger partial charge in [0.2, 0.25) is 10.0 Å². The van der Waals surface area contributed by atoms with Gasteiger partial charge in [0.15, 0.2) is 0 Å². The maximum absolute atomic E-state index is 11.9. The number of nitrogens with one attached hydrogen (secondary N) is 1. The highest BCUT2D eigenvalue weighted by Crippen LogP contribution is 2.30. The van der Waals surface area contributed by atoms with Gasteiger partial charge >= 0.3 is 5.97 Å². The van der Waals surface area contributed by atoms with E-state index < -0.39 is 16.0 Å². The molecule has 0 unspecified atom stereocenters. The van der Waals surface area contributed by atoms with Crippen molar-refractivity contribution in [3.8, 4) is 5.75 Å². The lowest BCUT2D eigenvalue weighted by Gasteiger charge is -2.11. The molecule has 0 aliphatic carbocycles. The molecule has 0 heterocycles. The first-order valence-electron chi connectivity index (χ1n) is 6.19. The summed E-state index contributed by atoms with van der Waals surface area (Å²) in [5.41, 5.74) is 0.237. The Labute approximate surface area is 123 Å². The molecular weight excluding hydrogens is 290 g/mol. The Bertz CT molecular complexity index is 825. The van der Waals surface area contributed by atoms with Gasteiger partial charge in [0.05, 0.1) is 4.90 Å². The normalized spacial score (nSPS) is 11.3. The summed E-state index contributed by atoms with van der Waals surface area (Å²) in [7, 11) is -2.31. The van der Waals surface area contributed by atoms with Crippen molar-refractivity contribution in [1.29, 1.82) is 0 Å². The van der Waals surface area contributed by atoms with Crippen molar-refractivity contribution in [2.45, 2.75) is 11.8 Å². The molecule has 0 bridgehead atoms. The molecule has 0 aromatic heterocycles. The van der Waals surface area contributed by atoms with Crippen LogP contribution in [0.5, 0.6) is 5.75 Å². The fraction of sp³-hybridized carbons (Fsp3) is 0.133. The van der Waals surface area contributed by atoms with Crippen molar-refractivity contribution in [1.82, 2.24) is 4.72 Å². The first-order valence-corrected chi connectivity index (χ1v) is 7.67. The average Bonchev–Trinajstić information content (AvgIpc) is 2.46. The van der Waals surface area contributed by atoms with E-state index in [-0.39, 0.29) is 16.2 Å². The molecular formula is C15H15NO4S. The minimum absolute atomic E-state index is 0.0354. The zero-order chi connectivity index (χ0) is 15.6. The van der Waals surface area contributed by atoms with Crippen LogP contribution in [0.1, 0.15) is 6.92 Å². The summed E-state index contributed by atoms with van der Waals surface area (Å²) < 4.78 is 31.4. The Kier molecular flexibility index (Phi) is 4.11. The third kappa shape index (κ3) is 3.12. The Morgan fingerprint density at radius 2 is 1.90 bits per heavy atom. The first-order chi connectivity index (χ1) is 9.85. The lowest BCUT2D eigenvalue weighted by molar-refractivity contribution is -0.130. The van der Waals surface area contributed by atoms with E-state index in [9.17, 15) is 13.2 Å². The molecule has 21 heavy (non-hydrogen) atoms. The summed E-state index contributed by atoms with van der Waals surface area (Å²) in [6.07, 6.45) is 0. The second-order valence-electron chi connectivity index (χ2n) is 4.52. The van der Waals surface area contributed by atoms with Gasteiger partial charge in [-0.2, -0.15) is 0 Å². The van der Waals surface area contributed by atoms with Crippen LogP contribution in [0.2, 0.25) is 0 Å². The summed E-state index contributed by atoms with van der Waals surface area (Å²) in [4.78, 5) is 11.7. The molecule has 0 aliphatic rings. The Balaban J connectivity index is 2.67. The van der Waals surface area contributed by atoms with Gasteiger partial charge in [0.1, 0.15) is 5.75 Å². The van der Waals surface area contributed by atoms with E-state index in [0.29, 0.717) is 10.8 Å². The zero-order valence-electron chi connectivity index (χ0n) is 11.7. The van der Waals surface area contributed by atoms with Gasteiger partial charge in [-0.15, -0.1) is 0 Å². The second kappa shape index (κ2) is 5.67. The van der Waals surface area contributed by atoms with Crippen molar-refractivity contribution in [3.05, 3.63) is 48.6 Å². The molecule has 0 spiro atoms. The number of benzene rings is 2. The standard InChI is InChI=1S/C15H15NO4S/c1-10(2)15(17)20-14-9-12(21(18,19)16-3)8-11-6-4-5-7-13(11)14/h4-9,16H,1H2,2-3H3. The summed E-state index contributed by atoms with van der Waals surface area (Å²) in [6.45, 7) is 5.04. The maximum atomic E-state index is 11.9. The summed E-state index contributed by atoms with van der Waals surface area (Å²) in [5.74, 6) is -0.408. The van der Waals surface area contributed by atoms with Gasteiger partial charge in [-0.25, -0.2) is 17.9 Å². The molecule has 0 amide bonds. The van der Waals surface area contributed by atoms with Crippen LogP contribution in [0.3, 0.4) is 0 Å². The highest BCUT2D eigenvalue weighted by molar-refractivity contribution is 7.89. The van der Waals surface area contributed by atoms with E-state index in [1.165, 1.54) is 26.1 Å². The minimum atomic E-state index is -3.63. The summed E-state index contributed by atoms with van der Waals surface area (Å²) in [6, 6.07) is 9.93. The Morgan fingerprint density at radius 3 is 2.52 bits per heavy atom. The number of carbonyl (C=O) groups is 1. The number of hydrogen-bond donors (Lipinski definition) is 1. The van der Waals surface area contributed by atoms with E-state index >= 15 is 0 Å². The molecule has 0 saturated heterocycles. The van der Waals surface area contributed by atoms with Crippen LogP contribution in [-0.4, -0.2) is 21.4 Å². The third-order valence-corrected chi connectivity index (χ3v) is 4.32. The van der Waals surface area contributed by atoms with Gasteiger partial charge in [0, 0.05) is 17.0 Å². The number of hydrogen-bond acceptors (Lipinski definition) is 4. The molecule has 5 nitrogen and oxygen atoms in total. The van der Waals surface area contributed by atoms with Crippen LogP contribution >= 0.6 is 0 Å². The molecule has 0 aliphatic heterocycles. The predicted octanol–water partition coefficient (Wildman–Crippen LogP) is 2.23. The molecule has 110 valence electrons. The number of carbonyl (C=O) groups excluding carboxylic acids is 1. The van der Waals surface area contributed by atoms with Crippen LogP contribution < -0.4 is 9.46 Å². The van der Waals surface area contributed by atoms with Crippen LogP contribution in [0.15, 0.2) is 53.4 Å². The van der Waals surface area contributed by atoms with Crippen LogP contribution in [-0.2, 0) is 14.8 Å². The number of rotatable bonds is 4. The van der Waals surface area contributed by atoms with E-state index in [1.807, 2.05) is 0 Å². The molecule has 2 aromatic carbocycles. The smallest absolute Gasteiger partial charge is 0.338 e. The number of sulfonamides is 1. The number of fused-ring (bicyclic) bond motifs is 1. The second-order valence-corrected chi connectivity index (χ2v) is 6.41. The molecule has 2 aromatic rings. The van der Waals surface area contributed by atoms with E-state index in [1.54, 1.807) is 24.3 Å². The monoisotopic (exact) mass is 305 g/mol. The number of esters is 1.